The van der Waals surface area contributed by atoms with Gasteiger partial charge < -0.3 is 10.1 Å². The highest BCUT2D eigenvalue weighted by Crippen LogP contribution is 2.24. The van der Waals surface area contributed by atoms with Crippen molar-refractivity contribution in [2.24, 2.45) is 0 Å². The van der Waals surface area contributed by atoms with Crippen molar-refractivity contribution in [2.75, 3.05) is 11.9 Å². The van der Waals surface area contributed by atoms with Gasteiger partial charge in [-0.1, -0.05) is 48.5 Å². The molecule has 0 fully saturated rings. The van der Waals surface area contributed by atoms with E-state index in [9.17, 15) is 13.2 Å². The van der Waals surface area contributed by atoms with Crippen LogP contribution in [0.15, 0.2) is 77.7 Å². The van der Waals surface area contributed by atoms with Gasteiger partial charge in [0.25, 0.3) is 5.91 Å². The quantitative estimate of drug-likeness (QED) is 0.509. The van der Waals surface area contributed by atoms with Crippen molar-refractivity contribution in [2.45, 2.75) is 38.2 Å². The van der Waals surface area contributed by atoms with Crippen LogP contribution < -0.4 is 14.8 Å². The maximum absolute atomic E-state index is 12.5. The molecule has 0 aliphatic carbocycles. The van der Waals surface area contributed by atoms with Crippen molar-refractivity contribution >= 4 is 21.6 Å². The largest absolute Gasteiger partial charge is 0.480 e. The molecule has 0 radical (unpaired) electrons. The molecule has 0 bridgehead atoms. The molecule has 1 atom stereocenters. The van der Waals surface area contributed by atoms with Crippen LogP contribution in [-0.4, -0.2) is 27.0 Å². The van der Waals surface area contributed by atoms with Crippen LogP contribution in [0.4, 0.5) is 5.69 Å². The number of amides is 1. The number of benzene rings is 3. The van der Waals surface area contributed by atoms with E-state index in [0.29, 0.717) is 24.4 Å². The van der Waals surface area contributed by atoms with Gasteiger partial charge in [-0.05, 0) is 68.1 Å². The smallest absolute Gasteiger partial charge is 0.265 e. The monoisotopic (exact) mass is 452 g/mol. The zero-order valence-electron chi connectivity index (χ0n) is 18.5. The molecular formula is C25H28N2O4S. The van der Waals surface area contributed by atoms with E-state index >= 15 is 0 Å². The third-order valence-electron chi connectivity index (χ3n) is 5.05. The Labute approximate surface area is 189 Å². The lowest BCUT2D eigenvalue weighted by molar-refractivity contribution is -0.122. The molecule has 1 unspecified atom stereocenters. The average Bonchev–Trinajstić information content (AvgIpc) is 2.77. The normalized spacial score (nSPS) is 12.2. The zero-order valence-corrected chi connectivity index (χ0v) is 19.3. The second-order valence-electron chi connectivity index (χ2n) is 7.63. The fourth-order valence-electron chi connectivity index (χ4n) is 3.23. The van der Waals surface area contributed by atoms with Gasteiger partial charge in [0.05, 0.1) is 4.90 Å². The minimum absolute atomic E-state index is 0.142. The van der Waals surface area contributed by atoms with E-state index in [2.05, 4.69) is 10.0 Å². The summed E-state index contributed by atoms with van der Waals surface area (Å²) in [6.07, 6.45) is -0.107. The highest BCUT2D eigenvalue weighted by atomic mass is 32.2. The van der Waals surface area contributed by atoms with Crippen molar-refractivity contribution < 1.29 is 17.9 Å². The number of carbonyl (C=O) groups excluding carboxylic acids is 1. The summed E-state index contributed by atoms with van der Waals surface area (Å²) >= 11 is 0. The van der Waals surface area contributed by atoms with Crippen molar-refractivity contribution in [1.82, 2.24) is 4.72 Å². The molecule has 7 heteroatoms. The van der Waals surface area contributed by atoms with E-state index in [4.69, 9.17) is 4.74 Å². The molecular weight excluding hydrogens is 424 g/mol. The minimum Gasteiger partial charge on any atom is -0.480 e. The summed E-state index contributed by atoms with van der Waals surface area (Å²) in [5.41, 5.74) is 3.47. The van der Waals surface area contributed by atoms with Crippen LogP contribution in [0.3, 0.4) is 0 Å². The molecule has 0 saturated carbocycles. The molecule has 0 aliphatic heterocycles. The first-order valence-electron chi connectivity index (χ1n) is 10.4. The van der Waals surface area contributed by atoms with E-state index in [-0.39, 0.29) is 10.8 Å². The lowest BCUT2D eigenvalue weighted by Crippen LogP contribution is -2.30. The number of hydrogen-bond donors (Lipinski definition) is 2. The van der Waals surface area contributed by atoms with E-state index < -0.39 is 16.1 Å². The Bertz CT molecular complexity index is 1140. The van der Waals surface area contributed by atoms with Crippen molar-refractivity contribution in [3.05, 3.63) is 89.5 Å². The molecule has 3 aromatic rings. The number of carbonyl (C=O) groups is 1. The molecule has 1 amide bonds. The summed E-state index contributed by atoms with van der Waals surface area (Å²) in [5, 5.41) is 2.77. The molecule has 3 aromatic carbocycles. The van der Waals surface area contributed by atoms with Gasteiger partial charge in [-0.2, -0.15) is 0 Å². The molecule has 0 heterocycles. The maximum Gasteiger partial charge on any atom is 0.265 e. The molecule has 2 N–H and O–H groups in total. The second kappa shape index (κ2) is 10.4. The van der Waals surface area contributed by atoms with Gasteiger partial charge in [-0.15, -0.1) is 0 Å². The summed E-state index contributed by atoms with van der Waals surface area (Å²) in [7, 11) is -3.63. The van der Waals surface area contributed by atoms with Crippen molar-refractivity contribution in [1.29, 1.82) is 0 Å². The Morgan fingerprint density at radius 1 is 0.906 bits per heavy atom. The summed E-state index contributed by atoms with van der Waals surface area (Å²) < 4.78 is 33.5. The van der Waals surface area contributed by atoms with Crippen LogP contribution in [0.2, 0.25) is 0 Å². The molecule has 6 nitrogen and oxygen atoms in total. The van der Waals surface area contributed by atoms with Gasteiger partial charge in [0, 0.05) is 12.2 Å². The third kappa shape index (κ3) is 6.18. The second-order valence-corrected chi connectivity index (χ2v) is 9.39. The molecule has 0 saturated heterocycles. The van der Waals surface area contributed by atoms with Gasteiger partial charge in [0.2, 0.25) is 10.0 Å². The van der Waals surface area contributed by atoms with Crippen molar-refractivity contribution in [3.8, 4) is 5.75 Å². The fourth-order valence-corrected chi connectivity index (χ4v) is 4.27. The van der Waals surface area contributed by atoms with E-state index in [0.717, 1.165) is 16.7 Å². The Morgan fingerprint density at radius 2 is 1.53 bits per heavy atom. The Kier molecular flexibility index (Phi) is 7.66. The van der Waals surface area contributed by atoms with Gasteiger partial charge in [-0.3, -0.25) is 4.79 Å². The van der Waals surface area contributed by atoms with Gasteiger partial charge in [-0.25, -0.2) is 13.1 Å². The van der Waals surface area contributed by atoms with Crippen LogP contribution in [-0.2, 0) is 21.2 Å². The van der Waals surface area contributed by atoms with Crippen LogP contribution >= 0.6 is 0 Å². The van der Waals surface area contributed by atoms with Gasteiger partial charge in [0.1, 0.15) is 5.75 Å². The van der Waals surface area contributed by atoms with Gasteiger partial charge in [0.15, 0.2) is 6.10 Å². The minimum atomic E-state index is -3.63. The Hall–Kier alpha value is -3.16. The predicted molar refractivity (Wildman–Crippen MR) is 126 cm³/mol. The first-order valence-corrected chi connectivity index (χ1v) is 11.9. The Morgan fingerprint density at radius 3 is 2.16 bits per heavy atom. The number of rotatable bonds is 9. The number of sulfonamides is 1. The molecule has 32 heavy (non-hydrogen) atoms. The fraction of sp³-hybridized carbons (Fsp3) is 0.240. The maximum atomic E-state index is 12.5. The lowest BCUT2D eigenvalue weighted by atomic mass is 10.1. The number of para-hydroxylation sites is 1. The Balaban J connectivity index is 1.56. The van der Waals surface area contributed by atoms with Gasteiger partial charge >= 0.3 is 0 Å². The first kappa shape index (κ1) is 23.5. The zero-order chi connectivity index (χ0) is 23.1. The topological polar surface area (TPSA) is 84.5 Å². The molecule has 168 valence electrons. The van der Waals surface area contributed by atoms with E-state index in [1.807, 2.05) is 62.4 Å². The van der Waals surface area contributed by atoms with Crippen LogP contribution in [0.25, 0.3) is 0 Å². The number of aryl methyl sites for hydroxylation is 2. The number of ether oxygens (including phenoxy) is 1. The van der Waals surface area contributed by atoms with E-state index in [1.165, 1.54) is 12.1 Å². The standard InChI is InChI=1S/C25H28N2O4S/c1-18-8-7-9-19(2)24(18)31-20(3)25(28)27-22-12-14-23(15-13-22)32(29,30)26-17-16-21-10-5-4-6-11-21/h4-15,20,26H,16-17H2,1-3H3,(H,27,28). The number of nitrogens with one attached hydrogen (secondary N) is 2. The first-order chi connectivity index (χ1) is 15.3. The number of anilines is 1. The SMILES string of the molecule is Cc1cccc(C)c1OC(C)C(=O)Nc1ccc(S(=O)(=O)NCCc2ccccc2)cc1. The highest BCUT2D eigenvalue weighted by molar-refractivity contribution is 7.89. The average molecular weight is 453 g/mol. The highest BCUT2D eigenvalue weighted by Gasteiger charge is 2.18. The summed E-state index contributed by atoms with van der Waals surface area (Å²) in [6.45, 7) is 5.84. The van der Waals surface area contributed by atoms with Crippen molar-refractivity contribution in [3.63, 3.8) is 0 Å². The summed E-state index contributed by atoms with van der Waals surface area (Å²) in [4.78, 5) is 12.7. The predicted octanol–water partition coefficient (Wildman–Crippen LogP) is 4.23. The van der Waals surface area contributed by atoms with Crippen LogP contribution in [0.1, 0.15) is 23.6 Å². The molecule has 0 aromatic heterocycles. The summed E-state index contributed by atoms with van der Waals surface area (Å²) in [6, 6.07) is 21.5. The number of hydrogen-bond acceptors (Lipinski definition) is 4. The van der Waals surface area contributed by atoms with Crippen LogP contribution in [0.5, 0.6) is 5.75 Å². The van der Waals surface area contributed by atoms with E-state index in [1.54, 1.807) is 19.1 Å². The molecule has 3 rings (SSSR count). The molecule has 0 aliphatic rings. The third-order valence-corrected chi connectivity index (χ3v) is 6.53. The van der Waals surface area contributed by atoms with Crippen LogP contribution in [0, 0.1) is 13.8 Å². The lowest BCUT2D eigenvalue weighted by Gasteiger charge is -2.18. The summed E-state index contributed by atoms with van der Waals surface area (Å²) in [5.74, 6) is 0.377. The molecule has 0 spiro atoms.